The molecule has 1 unspecified atom stereocenters. The fourth-order valence-electron chi connectivity index (χ4n) is 3.19. The summed E-state index contributed by atoms with van der Waals surface area (Å²) >= 11 is 0. The molecule has 0 aliphatic carbocycles. The number of aromatic amines is 1. The Labute approximate surface area is 125 Å². The maximum atomic E-state index is 4.71. The van der Waals surface area contributed by atoms with E-state index in [1.54, 1.807) is 6.20 Å². The molecule has 1 atom stereocenters. The van der Waals surface area contributed by atoms with Crippen molar-refractivity contribution in [1.82, 2.24) is 25.1 Å². The largest absolute Gasteiger partial charge is 0.292 e. The number of hydrogen-bond acceptors (Lipinski definition) is 4. The lowest BCUT2D eigenvalue weighted by molar-refractivity contribution is 0.109. The van der Waals surface area contributed by atoms with E-state index in [2.05, 4.69) is 40.0 Å². The number of aromatic nitrogens is 4. The van der Waals surface area contributed by atoms with Crippen molar-refractivity contribution in [2.75, 3.05) is 6.54 Å². The third-order valence-corrected chi connectivity index (χ3v) is 4.18. The van der Waals surface area contributed by atoms with E-state index in [1.807, 2.05) is 13.0 Å². The minimum Gasteiger partial charge on any atom is -0.292 e. The standard InChI is InChI=1S/C16H23N5/c1-11(2)21-9-5-4-6-16(21)15-10-14(18-12(3)19-15)13-7-8-17-20-13/h7-8,10-11,16H,4-6,9H2,1-3H3,(H,17,20). The molecule has 1 N–H and O–H groups in total. The van der Waals surface area contributed by atoms with Gasteiger partial charge in [0.1, 0.15) is 5.82 Å². The first-order chi connectivity index (χ1) is 10.1. The molecule has 0 spiro atoms. The van der Waals surface area contributed by atoms with Crippen LogP contribution in [0.15, 0.2) is 18.3 Å². The zero-order valence-electron chi connectivity index (χ0n) is 13.0. The molecular weight excluding hydrogens is 262 g/mol. The molecule has 1 aliphatic rings. The quantitative estimate of drug-likeness (QED) is 0.941. The third-order valence-electron chi connectivity index (χ3n) is 4.18. The van der Waals surface area contributed by atoms with Crippen LogP contribution in [0.2, 0.25) is 0 Å². The van der Waals surface area contributed by atoms with E-state index < -0.39 is 0 Å². The fraction of sp³-hybridized carbons (Fsp3) is 0.562. The number of H-pyrrole nitrogens is 1. The average molecular weight is 285 g/mol. The first kappa shape index (κ1) is 14.2. The molecule has 1 fully saturated rings. The Bertz CT molecular complexity index is 591. The molecule has 0 amide bonds. The predicted octanol–water partition coefficient (Wildman–Crippen LogP) is 3.11. The zero-order chi connectivity index (χ0) is 14.8. The molecule has 0 aromatic carbocycles. The van der Waals surface area contributed by atoms with Gasteiger partial charge in [0.25, 0.3) is 0 Å². The van der Waals surface area contributed by atoms with E-state index in [1.165, 1.54) is 19.3 Å². The van der Waals surface area contributed by atoms with E-state index in [9.17, 15) is 0 Å². The van der Waals surface area contributed by atoms with E-state index in [-0.39, 0.29) is 0 Å². The van der Waals surface area contributed by atoms with Gasteiger partial charge in [-0.2, -0.15) is 5.10 Å². The second-order valence-electron chi connectivity index (χ2n) is 6.04. The van der Waals surface area contributed by atoms with Gasteiger partial charge in [-0.25, -0.2) is 9.97 Å². The molecule has 3 rings (SSSR count). The molecule has 0 radical (unpaired) electrons. The van der Waals surface area contributed by atoms with Gasteiger partial charge in [0, 0.05) is 12.2 Å². The van der Waals surface area contributed by atoms with Crippen molar-refractivity contribution >= 4 is 0 Å². The molecule has 0 bridgehead atoms. The number of piperidine rings is 1. The summed E-state index contributed by atoms with van der Waals surface area (Å²) in [6.07, 6.45) is 5.49. The summed E-state index contributed by atoms with van der Waals surface area (Å²) < 4.78 is 0. The molecule has 5 heteroatoms. The number of nitrogens with zero attached hydrogens (tertiary/aromatic N) is 4. The van der Waals surface area contributed by atoms with Crippen LogP contribution in [-0.4, -0.2) is 37.7 Å². The Balaban J connectivity index is 1.97. The van der Waals surface area contributed by atoms with Gasteiger partial charge in [-0.3, -0.25) is 10.00 Å². The highest BCUT2D eigenvalue weighted by atomic mass is 15.2. The van der Waals surface area contributed by atoms with Crippen molar-refractivity contribution in [2.45, 2.75) is 52.1 Å². The summed E-state index contributed by atoms with van der Waals surface area (Å²) in [6, 6.07) is 5.02. The molecule has 1 aliphatic heterocycles. The Hall–Kier alpha value is -1.75. The highest BCUT2D eigenvalue weighted by Crippen LogP contribution is 2.32. The van der Waals surface area contributed by atoms with Crippen LogP contribution in [0, 0.1) is 6.92 Å². The second kappa shape index (κ2) is 5.93. The summed E-state index contributed by atoms with van der Waals surface area (Å²) in [4.78, 5) is 11.8. The number of aryl methyl sites for hydroxylation is 1. The Kier molecular flexibility index (Phi) is 4.01. The van der Waals surface area contributed by atoms with Crippen LogP contribution in [0.3, 0.4) is 0 Å². The summed E-state index contributed by atoms with van der Waals surface area (Å²) in [5, 5.41) is 7.01. The van der Waals surface area contributed by atoms with E-state index >= 15 is 0 Å². The molecule has 3 heterocycles. The molecule has 5 nitrogen and oxygen atoms in total. The van der Waals surface area contributed by atoms with Crippen molar-refractivity contribution in [1.29, 1.82) is 0 Å². The molecular formula is C16H23N5. The van der Waals surface area contributed by atoms with Crippen LogP contribution in [0.1, 0.15) is 50.7 Å². The van der Waals surface area contributed by atoms with Crippen molar-refractivity contribution in [3.8, 4) is 11.4 Å². The molecule has 2 aromatic rings. The van der Waals surface area contributed by atoms with Crippen LogP contribution in [0.4, 0.5) is 0 Å². The Morgan fingerprint density at radius 1 is 1.29 bits per heavy atom. The number of nitrogens with one attached hydrogen (secondary N) is 1. The number of rotatable bonds is 3. The fourth-order valence-corrected chi connectivity index (χ4v) is 3.19. The molecule has 21 heavy (non-hydrogen) atoms. The molecule has 1 saturated heterocycles. The Morgan fingerprint density at radius 2 is 2.14 bits per heavy atom. The van der Waals surface area contributed by atoms with Gasteiger partial charge >= 0.3 is 0 Å². The molecule has 0 saturated carbocycles. The maximum Gasteiger partial charge on any atom is 0.126 e. The average Bonchev–Trinajstić information content (AvgIpc) is 3.01. The Morgan fingerprint density at radius 3 is 2.86 bits per heavy atom. The van der Waals surface area contributed by atoms with E-state index in [0.717, 1.165) is 29.5 Å². The summed E-state index contributed by atoms with van der Waals surface area (Å²) in [5.41, 5.74) is 3.03. The summed E-state index contributed by atoms with van der Waals surface area (Å²) in [7, 11) is 0. The number of likely N-dealkylation sites (tertiary alicyclic amines) is 1. The highest BCUT2D eigenvalue weighted by molar-refractivity contribution is 5.53. The zero-order valence-corrected chi connectivity index (χ0v) is 13.0. The maximum absolute atomic E-state index is 4.71. The second-order valence-corrected chi connectivity index (χ2v) is 6.04. The van der Waals surface area contributed by atoms with Crippen LogP contribution >= 0.6 is 0 Å². The first-order valence-corrected chi connectivity index (χ1v) is 7.76. The monoisotopic (exact) mass is 285 g/mol. The highest BCUT2D eigenvalue weighted by Gasteiger charge is 2.27. The topological polar surface area (TPSA) is 57.7 Å². The normalized spacial score (nSPS) is 20.1. The summed E-state index contributed by atoms with van der Waals surface area (Å²) in [6.45, 7) is 7.65. The van der Waals surface area contributed by atoms with Gasteiger partial charge in [-0.1, -0.05) is 6.42 Å². The lowest BCUT2D eigenvalue weighted by Gasteiger charge is -2.38. The number of hydrogen-bond donors (Lipinski definition) is 1. The van der Waals surface area contributed by atoms with Gasteiger partial charge in [0.05, 0.1) is 23.1 Å². The SMILES string of the molecule is Cc1nc(-c2ccn[nH]2)cc(C2CCCCN2C(C)C)n1. The lowest BCUT2D eigenvalue weighted by Crippen LogP contribution is -2.39. The van der Waals surface area contributed by atoms with Crippen molar-refractivity contribution in [3.05, 3.63) is 29.8 Å². The van der Waals surface area contributed by atoms with Crippen LogP contribution < -0.4 is 0 Å². The van der Waals surface area contributed by atoms with Gasteiger partial charge in [-0.05, 0) is 52.3 Å². The van der Waals surface area contributed by atoms with E-state index in [4.69, 9.17) is 4.98 Å². The van der Waals surface area contributed by atoms with Gasteiger partial charge < -0.3 is 0 Å². The van der Waals surface area contributed by atoms with Crippen LogP contribution in [0.5, 0.6) is 0 Å². The lowest BCUT2D eigenvalue weighted by atomic mass is 9.97. The van der Waals surface area contributed by atoms with Gasteiger partial charge in [0.2, 0.25) is 0 Å². The first-order valence-electron chi connectivity index (χ1n) is 7.76. The van der Waals surface area contributed by atoms with Gasteiger partial charge in [0.15, 0.2) is 0 Å². The van der Waals surface area contributed by atoms with Gasteiger partial charge in [-0.15, -0.1) is 0 Å². The van der Waals surface area contributed by atoms with Crippen LogP contribution in [-0.2, 0) is 0 Å². The van der Waals surface area contributed by atoms with Crippen LogP contribution in [0.25, 0.3) is 11.4 Å². The minimum atomic E-state index is 0.405. The predicted molar refractivity (Wildman–Crippen MR) is 82.8 cm³/mol. The third kappa shape index (κ3) is 2.97. The smallest absolute Gasteiger partial charge is 0.126 e. The van der Waals surface area contributed by atoms with Crippen molar-refractivity contribution in [2.24, 2.45) is 0 Å². The van der Waals surface area contributed by atoms with Crippen molar-refractivity contribution < 1.29 is 0 Å². The van der Waals surface area contributed by atoms with Crippen molar-refractivity contribution in [3.63, 3.8) is 0 Å². The van der Waals surface area contributed by atoms with E-state index in [0.29, 0.717) is 12.1 Å². The molecule has 2 aromatic heterocycles. The molecule has 112 valence electrons. The summed E-state index contributed by atoms with van der Waals surface area (Å²) in [5.74, 6) is 0.825. The minimum absolute atomic E-state index is 0.405.